The first-order valence-electron chi connectivity index (χ1n) is 28.0. The van der Waals surface area contributed by atoms with Gasteiger partial charge in [-0.05, 0) is 96.3 Å². The molecule has 0 spiro atoms. The molecule has 0 radical (unpaired) electrons. The predicted octanol–water partition coefficient (Wildman–Crippen LogP) is 17.7. The molecule has 398 valence electrons. The minimum absolute atomic E-state index is 0.0752. The topological polar surface area (TPSA) is 91.3 Å². The van der Waals surface area contributed by atoms with Gasteiger partial charge in [0.1, 0.15) is 19.3 Å². The number of phosphoric ester groups is 1. The Morgan fingerprint density at radius 1 is 0.464 bits per heavy atom. The highest BCUT2D eigenvalue weighted by Crippen LogP contribution is 2.43. The van der Waals surface area contributed by atoms with Gasteiger partial charge < -0.3 is 18.9 Å². The molecule has 0 rings (SSSR count). The van der Waals surface area contributed by atoms with Gasteiger partial charge in [0.15, 0.2) is 0 Å². The summed E-state index contributed by atoms with van der Waals surface area (Å²) in [5.74, 6) is -0.356. The number of likely N-dealkylation sites (N-methyl/N-ethyl adjacent to an activating group) is 1. The molecule has 1 N–H and O–H groups in total. The monoisotopic (exact) mass is 985 g/mol. The number of ether oxygens (including phenoxy) is 2. The molecule has 2 atom stereocenters. The van der Waals surface area contributed by atoms with Gasteiger partial charge in [-0.15, -0.1) is 0 Å². The first-order valence-corrected chi connectivity index (χ1v) is 29.5. The van der Waals surface area contributed by atoms with E-state index in [1.54, 1.807) is 0 Å². The van der Waals surface area contributed by atoms with E-state index in [4.69, 9.17) is 18.5 Å². The smallest absolute Gasteiger partial charge is 0.457 e. The van der Waals surface area contributed by atoms with Gasteiger partial charge in [0.05, 0.1) is 34.4 Å². The van der Waals surface area contributed by atoms with Crippen LogP contribution in [0.2, 0.25) is 0 Å². The van der Waals surface area contributed by atoms with Gasteiger partial charge in [0.25, 0.3) is 0 Å². The highest BCUT2D eigenvalue weighted by molar-refractivity contribution is 7.47. The number of unbranched alkanes of at least 4 members (excludes halogenated alkanes) is 21. The second-order valence-corrected chi connectivity index (χ2v) is 21.0. The minimum atomic E-state index is -4.30. The highest BCUT2D eigenvalue weighted by atomic mass is 31.2. The van der Waals surface area contributed by atoms with E-state index >= 15 is 0 Å². The average Bonchev–Trinajstić information content (AvgIpc) is 3.31. The van der Waals surface area contributed by atoms with Crippen molar-refractivity contribution in [3.05, 3.63) is 97.2 Å². The van der Waals surface area contributed by atoms with Crippen molar-refractivity contribution >= 4 is 13.8 Å². The summed E-state index contributed by atoms with van der Waals surface area (Å²) < 4.78 is 35.2. The molecule has 0 saturated carbocycles. The van der Waals surface area contributed by atoms with Gasteiger partial charge in [-0.2, -0.15) is 0 Å². The Morgan fingerprint density at radius 3 is 1.26 bits per heavy atom. The van der Waals surface area contributed by atoms with E-state index in [1.807, 2.05) is 21.1 Å². The number of quaternary nitrogens is 1. The van der Waals surface area contributed by atoms with Crippen LogP contribution in [0, 0.1) is 0 Å². The van der Waals surface area contributed by atoms with Crippen LogP contribution in [0.1, 0.15) is 219 Å². The zero-order valence-electron chi connectivity index (χ0n) is 45.3. The Kier molecular flexibility index (Phi) is 49.8. The van der Waals surface area contributed by atoms with Crippen LogP contribution in [-0.2, 0) is 27.9 Å². The standard InChI is InChI=1S/C60H106NO7P/c1-6-8-10-12-14-16-18-20-22-24-26-28-29-30-31-32-34-36-38-40-42-44-46-48-50-52-55-65-57-59(58-67-69(63,64)66-56-54-61(3,4)5)68-60(62)53-51-49-47-45-43-41-39-37-35-33-27-25-23-21-19-17-15-13-11-9-7-2/h9,11,15,17-18,20-21,23-24,26-27,33,37,39,43,45,59H,6-8,10,12-14,16,19,22,25,28-32,34-36,38,40-42,44,46-58H2,1-5H3/p+1/b11-9-,17-15-,20-18-,23-21-,26-24-,33-27-,39-37-,45-43-. The second-order valence-electron chi connectivity index (χ2n) is 19.6. The Hall–Kier alpha value is -2.58. The predicted molar refractivity (Wildman–Crippen MR) is 298 cm³/mol. The van der Waals surface area contributed by atoms with E-state index in [-0.39, 0.29) is 32.2 Å². The van der Waals surface area contributed by atoms with E-state index in [2.05, 4.69) is 111 Å². The lowest BCUT2D eigenvalue weighted by molar-refractivity contribution is -0.870. The molecule has 0 heterocycles. The van der Waals surface area contributed by atoms with Crippen LogP contribution in [0.25, 0.3) is 0 Å². The maximum atomic E-state index is 12.8. The Balaban J connectivity index is 4.17. The molecule has 0 amide bonds. The van der Waals surface area contributed by atoms with Crippen molar-refractivity contribution in [2.75, 3.05) is 54.1 Å². The summed E-state index contributed by atoms with van der Waals surface area (Å²) in [6, 6.07) is 0. The average molecular weight is 985 g/mol. The molecular weight excluding hydrogens is 878 g/mol. The molecule has 0 aromatic rings. The lowest BCUT2D eigenvalue weighted by Gasteiger charge is -2.24. The summed E-state index contributed by atoms with van der Waals surface area (Å²) >= 11 is 0. The first-order chi connectivity index (χ1) is 33.6. The summed E-state index contributed by atoms with van der Waals surface area (Å²) in [4.78, 5) is 23.0. The van der Waals surface area contributed by atoms with Crippen LogP contribution < -0.4 is 0 Å². The summed E-state index contributed by atoms with van der Waals surface area (Å²) in [7, 11) is 1.63. The molecule has 8 nitrogen and oxygen atoms in total. The third-order valence-electron chi connectivity index (χ3n) is 11.6. The SMILES string of the molecule is CC/C=C\C/C=C\C/C=C\C/C=C\C/C=C\C/C=C\CCCCC(=O)OC(COCCCCCCCCCCCCCCCC/C=C\C/C=C\CCCCCCC)COP(=O)(O)OCC[N+](C)(C)C. The Morgan fingerprint density at radius 2 is 0.841 bits per heavy atom. The molecule has 2 unspecified atom stereocenters. The van der Waals surface area contributed by atoms with Crippen molar-refractivity contribution in [1.82, 2.24) is 0 Å². The zero-order valence-corrected chi connectivity index (χ0v) is 46.2. The lowest BCUT2D eigenvalue weighted by Crippen LogP contribution is -2.37. The third kappa shape index (κ3) is 56.2. The fourth-order valence-corrected chi connectivity index (χ4v) is 8.09. The third-order valence-corrected chi connectivity index (χ3v) is 12.6. The number of phosphoric acid groups is 1. The molecule has 9 heteroatoms. The second kappa shape index (κ2) is 51.8. The van der Waals surface area contributed by atoms with Gasteiger partial charge in [0, 0.05) is 13.0 Å². The molecule has 0 bridgehead atoms. The maximum Gasteiger partial charge on any atom is 0.472 e. The molecule has 0 aliphatic heterocycles. The van der Waals surface area contributed by atoms with E-state index in [0.717, 1.165) is 70.6 Å². The lowest BCUT2D eigenvalue weighted by atomic mass is 10.0. The number of nitrogens with zero attached hydrogens (tertiary/aromatic N) is 1. The van der Waals surface area contributed by atoms with E-state index in [9.17, 15) is 14.3 Å². The summed E-state index contributed by atoms with van der Waals surface area (Å²) in [5.41, 5.74) is 0. The van der Waals surface area contributed by atoms with Gasteiger partial charge in [-0.3, -0.25) is 13.8 Å². The van der Waals surface area contributed by atoms with Crippen LogP contribution in [0.15, 0.2) is 97.2 Å². The van der Waals surface area contributed by atoms with Gasteiger partial charge in [-0.1, -0.05) is 214 Å². The molecule has 69 heavy (non-hydrogen) atoms. The van der Waals surface area contributed by atoms with Crippen molar-refractivity contribution in [1.29, 1.82) is 0 Å². The van der Waals surface area contributed by atoms with Crippen LogP contribution >= 0.6 is 7.82 Å². The van der Waals surface area contributed by atoms with E-state index < -0.39 is 13.9 Å². The number of hydrogen-bond donors (Lipinski definition) is 1. The molecule has 0 fully saturated rings. The summed E-state index contributed by atoms with van der Waals surface area (Å²) in [6.07, 6.45) is 71.9. The van der Waals surface area contributed by atoms with Crippen molar-refractivity contribution in [2.24, 2.45) is 0 Å². The maximum absolute atomic E-state index is 12.8. The van der Waals surface area contributed by atoms with E-state index in [1.165, 1.54) is 122 Å². The Bertz CT molecular complexity index is 1420. The van der Waals surface area contributed by atoms with Crippen molar-refractivity contribution < 1.29 is 37.3 Å². The van der Waals surface area contributed by atoms with Crippen LogP contribution in [0.4, 0.5) is 0 Å². The molecular formula is C60H107NO7P+. The van der Waals surface area contributed by atoms with E-state index in [0.29, 0.717) is 24.1 Å². The van der Waals surface area contributed by atoms with Gasteiger partial charge >= 0.3 is 13.8 Å². The number of allylic oxidation sites excluding steroid dienone is 16. The van der Waals surface area contributed by atoms with Crippen LogP contribution in [0.3, 0.4) is 0 Å². The molecule has 0 saturated heterocycles. The van der Waals surface area contributed by atoms with Gasteiger partial charge in [0.2, 0.25) is 0 Å². The van der Waals surface area contributed by atoms with Crippen LogP contribution in [0.5, 0.6) is 0 Å². The van der Waals surface area contributed by atoms with Crippen molar-refractivity contribution in [3.8, 4) is 0 Å². The molecule has 0 aliphatic rings. The number of hydrogen-bond acceptors (Lipinski definition) is 6. The number of carbonyl (C=O) groups excluding carboxylic acids is 1. The quantitative estimate of drug-likeness (QED) is 0.0213. The van der Waals surface area contributed by atoms with Crippen LogP contribution in [-0.4, -0.2) is 75.6 Å². The fraction of sp³-hybridized carbons (Fsp3) is 0.717. The normalized spacial score (nSPS) is 14.2. The largest absolute Gasteiger partial charge is 0.472 e. The molecule has 0 aliphatic carbocycles. The Labute approximate surface area is 426 Å². The molecule has 0 aromatic carbocycles. The first kappa shape index (κ1) is 66.4. The summed E-state index contributed by atoms with van der Waals surface area (Å²) in [5, 5.41) is 0. The zero-order chi connectivity index (χ0) is 50.5. The minimum Gasteiger partial charge on any atom is -0.457 e. The molecule has 0 aromatic heterocycles. The summed E-state index contributed by atoms with van der Waals surface area (Å²) in [6.45, 7) is 5.44. The number of carbonyl (C=O) groups is 1. The number of rotatable bonds is 51. The number of esters is 1. The fourth-order valence-electron chi connectivity index (χ4n) is 7.35. The van der Waals surface area contributed by atoms with Crippen molar-refractivity contribution in [2.45, 2.75) is 225 Å². The van der Waals surface area contributed by atoms with Gasteiger partial charge in [-0.25, -0.2) is 4.57 Å². The van der Waals surface area contributed by atoms with Crippen molar-refractivity contribution in [3.63, 3.8) is 0 Å². The highest BCUT2D eigenvalue weighted by Gasteiger charge is 2.26.